The number of amides is 1. The summed E-state index contributed by atoms with van der Waals surface area (Å²) in [5.41, 5.74) is 7.62. The molecule has 1 fully saturated rings. The molecule has 49 heavy (non-hydrogen) atoms. The van der Waals surface area contributed by atoms with Crippen LogP contribution in [0.2, 0.25) is 0 Å². The molecule has 3 heterocycles. The second-order valence-electron chi connectivity index (χ2n) is 12.0. The van der Waals surface area contributed by atoms with Crippen LogP contribution in [-0.4, -0.2) is 37.8 Å². The highest BCUT2D eigenvalue weighted by Crippen LogP contribution is 2.43. The first-order chi connectivity index (χ1) is 24.0. The third kappa shape index (κ3) is 7.71. The minimum Gasteiger partial charge on any atom is -0.392 e. The standard InChI is InChI=1S/C40H36N4O4S/c1-26-36(25-49-37-11-4-5-20-41-37)47-40(48-38(26)30-14-12-27(24-45)13-15-30)31-18-16-29(17-19-31)32-8-6-7-28(21-32)22-43-39(46)35-23-42-33-9-2-3-10-34(33)44-35/h2-21,23,26,36,38,40,45H,22,24-25H2,1H3,(H,43,46)/t26-,36+,38+,40+/m1/s1. The molecule has 0 bridgehead atoms. The Morgan fingerprint density at radius 2 is 1.57 bits per heavy atom. The van der Waals surface area contributed by atoms with Crippen molar-refractivity contribution < 1.29 is 19.4 Å². The van der Waals surface area contributed by atoms with Crippen molar-refractivity contribution in [3.05, 3.63) is 156 Å². The molecule has 4 atom stereocenters. The molecule has 1 aliphatic rings. The number of nitrogens with zero attached hydrogens (tertiary/aromatic N) is 3. The average Bonchev–Trinajstić information content (AvgIpc) is 3.17. The van der Waals surface area contributed by atoms with Crippen LogP contribution in [0.3, 0.4) is 0 Å². The van der Waals surface area contributed by atoms with Crippen molar-refractivity contribution in [1.29, 1.82) is 0 Å². The normalized spacial score (nSPS) is 19.1. The predicted octanol–water partition coefficient (Wildman–Crippen LogP) is 7.70. The monoisotopic (exact) mass is 668 g/mol. The molecule has 2 aromatic heterocycles. The summed E-state index contributed by atoms with van der Waals surface area (Å²) in [7, 11) is 0. The summed E-state index contributed by atoms with van der Waals surface area (Å²) in [5.74, 6) is 0.551. The van der Waals surface area contributed by atoms with Crippen LogP contribution in [0.1, 0.15) is 52.1 Å². The van der Waals surface area contributed by atoms with Crippen LogP contribution in [0.25, 0.3) is 22.2 Å². The van der Waals surface area contributed by atoms with Gasteiger partial charge in [0.25, 0.3) is 5.91 Å². The Hall–Kier alpha value is -4.93. The van der Waals surface area contributed by atoms with Crippen LogP contribution in [0, 0.1) is 5.92 Å². The van der Waals surface area contributed by atoms with E-state index >= 15 is 0 Å². The van der Waals surface area contributed by atoms with E-state index < -0.39 is 6.29 Å². The molecule has 8 nitrogen and oxygen atoms in total. The largest absolute Gasteiger partial charge is 0.392 e. The predicted molar refractivity (Wildman–Crippen MR) is 191 cm³/mol. The van der Waals surface area contributed by atoms with Crippen LogP contribution < -0.4 is 5.32 Å². The lowest BCUT2D eigenvalue weighted by molar-refractivity contribution is -0.268. The molecule has 0 unspecified atom stereocenters. The molecule has 7 rings (SSSR count). The molecule has 0 radical (unpaired) electrons. The van der Waals surface area contributed by atoms with E-state index in [0.717, 1.165) is 49.7 Å². The number of carbonyl (C=O) groups excluding carboxylic acids is 1. The Morgan fingerprint density at radius 1 is 0.796 bits per heavy atom. The first-order valence-electron chi connectivity index (χ1n) is 16.3. The first-order valence-corrected chi connectivity index (χ1v) is 17.3. The van der Waals surface area contributed by atoms with Crippen LogP contribution in [-0.2, 0) is 22.6 Å². The number of benzene rings is 4. The number of para-hydroxylation sites is 2. The second-order valence-corrected chi connectivity index (χ2v) is 13.1. The smallest absolute Gasteiger partial charge is 0.271 e. The number of pyridine rings is 1. The SMILES string of the molecule is C[C@@H]1[C@H](CSc2ccccn2)O[C@H](c2ccc(-c3cccc(CNC(=O)c4cnc5ccccc5n4)c3)cc2)O[C@@H]1c1ccc(CO)cc1. The van der Waals surface area contributed by atoms with E-state index in [4.69, 9.17) is 9.47 Å². The number of hydrogen-bond donors (Lipinski definition) is 2. The lowest BCUT2D eigenvalue weighted by Crippen LogP contribution is -2.38. The maximum absolute atomic E-state index is 12.9. The third-order valence-electron chi connectivity index (χ3n) is 8.73. The Kier molecular flexibility index (Phi) is 10.0. The van der Waals surface area contributed by atoms with E-state index in [1.807, 2.05) is 78.9 Å². The molecule has 246 valence electrons. The molecule has 2 N–H and O–H groups in total. The van der Waals surface area contributed by atoms with Crippen molar-refractivity contribution in [1.82, 2.24) is 20.3 Å². The second kappa shape index (κ2) is 15.1. The van der Waals surface area contributed by atoms with Gasteiger partial charge in [0.1, 0.15) is 5.69 Å². The number of carbonyl (C=O) groups is 1. The zero-order valence-corrected chi connectivity index (χ0v) is 27.8. The fraction of sp³-hybridized carbons (Fsp3) is 0.200. The van der Waals surface area contributed by atoms with Crippen LogP contribution in [0.5, 0.6) is 0 Å². The van der Waals surface area contributed by atoms with Gasteiger partial charge in [0.05, 0.1) is 41.1 Å². The van der Waals surface area contributed by atoms with Gasteiger partial charge in [0.2, 0.25) is 0 Å². The Bertz CT molecular complexity index is 2030. The van der Waals surface area contributed by atoms with Gasteiger partial charge < -0.3 is 19.9 Å². The zero-order valence-electron chi connectivity index (χ0n) is 27.0. The van der Waals surface area contributed by atoms with Gasteiger partial charge in [-0.05, 0) is 58.1 Å². The maximum atomic E-state index is 12.9. The molecule has 0 spiro atoms. The van der Waals surface area contributed by atoms with Crippen molar-refractivity contribution in [3.8, 4) is 11.1 Å². The molecule has 0 aliphatic carbocycles. The molecule has 0 saturated carbocycles. The van der Waals surface area contributed by atoms with Crippen LogP contribution in [0.15, 0.2) is 133 Å². The van der Waals surface area contributed by atoms with Crippen LogP contribution >= 0.6 is 11.8 Å². The van der Waals surface area contributed by atoms with Gasteiger partial charge in [-0.1, -0.05) is 91.9 Å². The minimum atomic E-state index is -0.554. The summed E-state index contributed by atoms with van der Waals surface area (Å²) < 4.78 is 13.3. The van der Waals surface area contributed by atoms with Crippen molar-refractivity contribution in [2.75, 3.05) is 5.75 Å². The van der Waals surface area contributed by atoms with Gasteiger partial charge >= 0.3 is 0 Å². The van der Waals surface area contributed by atoms with Crippen molar-refractivity contribution in [2.45, 2.75) is 43.6 Å². The van der Waals surface area contributed by atoms with E-state index in [1.54, 1.807) is 18.0 Å². The summed E-state index contributed by atoms with van der Waals surface area (Å²) in [4.78, 5) is 26.1. The number of aromatic nitrogens is 3. The highest BCUT2D eigenvalue weighted by Gasteiger charge is 2.38. The number of fused-ring (bicyclic) bond motifs is 1. The van der Waals surface area contributed by atoms with E-state index in [1.165, 1.54) is 6.20 Å². The number of aliphatic hydroxyl groups is 1. The molecule has 4 aromatic carbocycles. The van der Waals surface area contributed by atoms with Crippen molar-refractivity contribution in [2.24, 2.45) is 5.92 Å². The van der Waals surface area contributed by atoms with E-state index in [9.17, 15) is 9.90 Å². The summed E-state index contributed by atoms with van der Waals surface area (Å²) >= 11 is 1.68. The topological polar surface area (TPSA) is 106 Å². The molecule has 1 aliphatic heterocycles. The summed E-state index contributed by atoms with van der Waals surface area (Å²) in [6, 6.07) is 37.7. The summed E-state index contributed by atoms with van der Waals surface area (Å²) in [5, 5.41) is 13.5. The summed E-state index contributed by atoms with van der Waals surface area (Å²) in [6.07, 6.45) is 2.49. The van der Waals surface area contributed by atoms with Gasteiger partial charge in [-0.3, -0.25) is 9.78 Å². The molecular weight excluding hydrogens is 633 g/mol. The van der Waals surface area contributed by atoms with Gasteiger partial charge in [-0.15, -0.1) is 11.8 Å². The zero-order chi connectivity index (χ0) is 33.6. The van der Waals surface area contributed by atoms with E-state index in [0.29, 0.717) is 12.1 Å². The number of nitrogens with one attached hydrogen (secondary N) is 1. The van der Waals surface area contributed by atoms with Gasteiger partial charge in [0, 0.05) is 30.0 Å². The average molecular weight is 669 g/mol. The lowest BCUT2D eigenvalue weighted by Gasteiger charge is -2.41. The van der Waals surface area contributed by atoms with Crippen LogP contribution in [0.4, 0.5) is 0 Å². The number of rotatable bonds is 10. The van der Waals surface area contributed by atoms with E-state index in [2.05, 4.69) is 63.6 Å². The number of hydrogen-bond acceptors (Lipinski definition) is 8. The first kappa shape index (κ1) is 32.6. The number of ether oxygens (including phenoxy) is 2. The fourth-order valence-corrected chi connectivity index (χ4v) is 6.97. The Labute approximate surface area is 289 Å². The van der Waals surface area contributed by atoms with Gasteiger partial charge in [0.15, 0.2) is 6.29 Å². The third-order valence-corrected chi connectivity index (χ3v) is 9.77. The molecule has 6 aromatic rings. The van der Waals surface area contributed by atoms with Gasteiger partial charge in [-0.2, -0.15) is 0 Å². The highest BCUT2D eigenvalue weighted by atomic mass is 32.2. The fourth-order valence-electron chi connectivity index (χ4n) is 5.94. The van der Waals surface area contributed by atoms with Crippen molar-refractivity contribution in [3.63, 3.8) is 0 Å². The number of aliphatic hydroxyl groups excluding tert-OH is 1. The minimum absolute atomic E-state index is 0.000836. The Balaban J connectivity index is 1.05. The van der Waals surface area contributed by atoms with E-state index in [-0.39, 0.29) is 36.3 Å². The summed E-state index contributed by atoms with van der Waals surface area (Å²) in [6.45, 7) is 2.53. The highest BCUT2D eigenvalue weighted by molar-refractivity contribution is 7.99. The molecule has 9 heteroatoms. The quantitative estimate of drug-likeness (QED) is 0.143. The number of thioether (sulfide) groups is 1. The van der Waals surface area contributed by atoms with Crippen molar-refractivity contribution >= 4 is 28.7 Å². The maximum Gasteiger partial charge on any atom is 0.271 e. The molecule has 1 amide bonds. The molecular formula is C40H36N4O4S. The molecule has 1 saturated heterocycles. The lowest BCUT2D eigenvalue weighted by atomic mass is 9.91. The van der Waals surface area contributed by atoms with Gasteiger partial charge in [-0.25, -0.2) is 9.97 Å². The Morgan fingerprint density at radius 3 is 2.35 bits per heavy atom.